The van der Waals surface area contributed by atoms with Gasteiger partial charge in [-0.25, -0.2) is 0 Å². The van der Waals surface area contributed by atoms with Crippen LogP contribution in [0, 0.1) is 0 Å². The van der Waals surface area contributed by atoms with E-state index >= 15 is 0 Å². The average Bonchev–Trinajstić information content (AvgIpc) is 3.23. The van der Waals surface area contributed by atoms with Gasteiger partial charge in [-0.3, -0.25) is 9.79 Å². The van der Waals surface area contributed by atoms with Crippen LogP contribution in [0.1, 0.15) is 41.6 Å². The largest absolute Gasteiger partial charge is 0.355 e. The number of thioether (sulfide) groups is 1. The van der Waals surface area contributed by atoms with Crippen molar-refractivity contribution in [1.82, 2.24) is 15.5 Å². The van der Waals surface area contributed by atoms with E-state index in [0.717, 1.165) is 18.1 Å². The van der Waals surface area contributed by atoms with Gasteiger partial charge in [0, 0.05) is 49.4 Å². The number of halogens is 1. The van der Waals surface area contributed by atoms with Gasteiger partial charge in [0.2, 0.25) is 0 Å². The van der Waals surface area contributed by atoms with E-state index in [-0.39, 0.29) is 34.6 Å². The molecule has 168 valence electrons. The van der Waals surface area contributed by atoms with E-state index in [1.54, 1.807) is 26.0 Å². The first-order valence-corrected chi connectivity index (χ1v) is 11.3. The highest BCUT2D eigenvalue weighted by Gasteiger charge is 2.35. The third-order valence-electron chi connectivity index (χ3n) is 5.46. The number of rotatable bonds is 7. The Balaban J connectivity index is 0.00000341. The van der Waals surface area contributed by atoms with Crippen LogP contribution in [0.15, 0.2) is 64.5 Å². The predicted octanol–water partition coefficient (Wildman–Crippen LogP) is 4.78. The van der Waals surface area contributed by atoms with E-state index in [0.29, 0.717) is 12.1 Å². The Bertz CT molecular complexity index is 850. The molecule has 0 radical (unpaired) electrons. The number of carbonyl (C=O) groups excluding carboxylic acids is 1. The second-order valence-corrected chi connectivity index (χ2v) is 9.52. The van der Waals surface area contributed by atoms with Gasteiger partial charge >= 0.3 is 0 Å². The van der Waals surface area contributed by atoms with E-state index in [4.69, 9.17) is 0 Å². The Morgan fingerprint density at radius 2 is 1.68 bits per heavy atom. The molecule has 1 fully saturated rings. The lowest BCUT2D eigenvalue weighted by Crippen LogP contribution is -2.44. The lowest BCUT2D eigenvalue weighted by Gasteiger charge is -2.29. The third kappa shape index (κ3) is 7.42. The van der Waals surface area contributed by atoms with Gasteiger partial charge in [0.1, 0.15) is 0 Å². The number of amides is 1. The van der Waals surface area contributed by atoms with Gasteiger partial charge in [-0.2, -0.15) is 0 Å². The minimum absolute atomic E-state index is 0. The molecular weight excluding hydrogens is 519 g/mol. The summed E-state index contributed by atoms with van der Waals surface area (Å²) in [5.41, 5.74) is 1.81. The number of hydrogen-bond donors (Lipinski definition) is 2. The van der Waals surface area contributed by atoms with Crippen molar-refractivity contribution in [3.8, 4) is 0 Å². The molecule has 2 N–H and O–H groups in total. The molecule has 0 spiro atoms. The van der Waals surface area contributed by atoms with Crippen molar-refractivity contribution in [2.75, 3.05) is 27.7 Å². The summed E-state index contributed by atoms with van der Waals surface area (Å²) in [6, 6.07) is 18.4. The molecule has 0 unspecified atom stereocenters. The van der Waals surface area contributed by atoms with Gasteiger partial charge < -0.3 is 15.5 Å². The van der Waals surface area contributed by atoms with Crippen molar-refractivity contribution in [2.45, 2.75) is 41.9 Å². The van der Waals surface area contributed by atoms with E-state index in [2.05, 4.69) is 46.0 Å². The van der Waals surface area contributed by atoms with E-state index < -0.39 is 0 Å². The molecule has 0 aliphatic heterocycles. The van der Waals surface area contributed by atoms with Crippen LogP contribution in [-0.4, -0.2) is 49.2 Å². The molecule has 3 rings (SSSR count). The van der Waals surface area contributed by atoms with Crippen molar-refractivity contribution in [3.63, 3.8) is 0 Å². The standard InChI is InChI=1S/C24H32N4OS.HI/c1-25-23(26-17-19-11-13-20(14-12-19)22(29)28(2)3)27-18-24(15-7-8-16-24)30-21-9-5-4-6-10-21;/h4-6,9-14H,7-8,15-18H2,1-3H3,(H2,25,26,27);1H. The van der Waals surface area contributed by atoms with Crippen LogP contribution in [0.3, 0.4) is 0 Å². The van der Waals surface area contributed by atoms with Crippen LogP contribution < -0.4 is 10.6 Å². The maximum atomic E-state index is 12.0. The second kappa shape index (κ2) is 12.3. The van der Waals surface area contributed by atoms with E-state index in [9.17, 15) is 4.79 Å². The number of nitrogens with one attached hydrogen (secondary N) is 2. The normalized spacial score (nSPS) is 15.1. The maximum absolute atomic E-state index is 12.0. The predicted molar refractivity (Wildman–Crippen MR) is 142 cm³/mol. The zero-order valence-corrected chi connectivity index (χ0v) is 21.7. The van der Waals surface area contributed by atoms with Crippen LogP contribution in [0.4, 0.5) is 0 Å². The van der Waals surface area contributed by atoms with Gasteiger partial charge in [-0.15, -0.1) is 35.7 Å². The van der Waals surface area contributed by atoms with Gasteiger partial charge in [0.25, 0.3) is 5.91 Å². The highest BCUT2D eigenvalue weighted by molar-refractivity contribution is 14.0. The first-order valence-electron chi connectivity index (χ1n) is 10.5. The van der Waals surface area contributed by atoms with Gasteiger partial charge in [0.05, 0.1) is 0 Å². The number of hydrogen-bond acceptors (Lipinski definition) is 3. The quantitative estimate of drug-likeness (QED) is 0.295. The lowest BCUT2D eigenvalue weighted by molar-refractivity contribution is 0.0827. The summed E-state index contributed by atoms with van der Waals surface area (Å²) in [5, 5.41) is 6.94. The zero-order chi connectivity index (χ0) is 21.4. The molecule has 5 nitrogen and oxygen atoms in total. The molecular formula is C24H33IN4OS. The first kappa shape index (κ1) is 25.5. The highest BCUT2D eigenvalue weighted by atomic mass is 127. The van der Waals surface area contributed by atoms with Crippen molar-refractivity contribution in [2.24, 2.45) is 4.99 Å². The Labute approximate surface area is 207 Å². The minimum atomic E-state index is 0. The fourth-order valence-corrected chi connectivity index (χ4v) is 5.18. The highest BCUT2D eigenvalue weighted by Crippen LogP contribution is 2.44. The fourth-order valence-electron chi connectivity index (χ4n) is 3.75. The van der Waals surface area contributed by atoms with E-state index in [1.165, 1.54) is 30.6 Å². The Kier molecular flexibility index (Phi) is 10.2. The molecule has 1 aliphatic carbocycles. The smallest absolute Gasteiger partial charge is 0.253 e. The van der Waals surface area contributed by atoms with Crippen molar-refractivity contribution >= 4 is 47.6 Å². The third-order valence-corrected chi connectivity index (χ3v) is 6.95. The molecule has 0 bridgehead atoms. The monoisotopic (exact) mass is 552 g/mol. The Morgan fingerprint density at radius 3 is 2.26 bits per heavy atom. The minimum Gasteiger partial charge on any atom is -0.355 e. The summed E-state index contributed by atoms with van der Waals surface area (Å²) in [4.78, 5) is 19.3. The number of carbonyl (C=O) groups is 1. The summed E-state index contributed by atoms with van der Waals surface area (Å²) < 4.78 is 0.215. The van der Waals surface area contributed by atoms with Gasteiger partial charge in [-0.1, -0.05) is 43.2 Å². The fraction of sp³-hybridized carbons (Fsp3) is 0.417. The summed E-state index contributed by atoms with van der Waals surface area (Å²) in [6.45, 7) is 1.55. The maximum Gasteiger partial charge on any atom is 0.253 e. The van der Waals surface area contributed by atoms with Crippen molar-refractivity contribution in [3.05, 3.63) is 65.7 Å². The lowest BCUT2D eigenvalue weighted by atomic mass is 10.1. The van der Waals surface area contributed by atoms with Gasteiger partial charge in [0.15, 0.2) is 5.96 Å². The zero-order valence-electron chi connectivity index (χ0n) is 18.6. The Morgan fingerprint density at radius 1 is 1.03 bits per heavy atom. The molecule has 7 heteroatoms. The summed E-state index contributed by atoms with van der Waals surface area (Å²) >= 11 is 1.99. The summed E-state index contributed by atoms with van der Waals surface area (Å²) in [5.74, 6) is 0.827. The number of benzene rings is 2. The van der Waals surface area contributed by atoms with Crippen molar-refractivity contribution in [1.29, 1.82) is 0 Å². The molecule has 1 saturated carbocycles. The summed E-state index contributed by atoms with van der Waals surface area (Å²) in [6.07, 6.45) is 5.01. The molecule has 0 saturated heterocycles. The molecule has 1 amide bonds. The van der Waals surface area contributed by atoms with Crippen LogP contribution in [0.2, 0.25) is 0 Å². The molecule has 0 heterocycles. The van der Waals surface area contributed by atoms with Crippen LogP contribution in [-0.2, 0) is 6.54 Å². The second-order valence-electron chi connectivity index (χ2n) is 7.98. The van der Waals surface area contributed by atoms with Gasteiger partial charge in [-0.05, 0) is 42.7 Å². The molecule has 2 aromatic rings. The Hall–Kier alpha value is -1.74. The number of aliphatic imine (C=N–C) groups is 1. The van der Waals surface area contributed by atoms with Crippen LogP contribution >= 0.6 is 35.7 Å². The molecule has 0 atom stereocenters. The van der Waals surface area contributed by atoms with Crippen LogP contribution in [0.5, 0.6) is 0 Å². The van der Waals surface area contributed by atoms with Crippen molar-refractivity contribution < 1.29 is 4.79 Å². The first-order chi connectivity index (χ1) is 14.5. The number of nitrogens with zero attached hydrogens (tertiary/aromatic N) is 2. The summed E-state index contributed by atoms with van der Waals surface area (Å²) in [7, 11) is 5.33. The molecule has 1 aliphatic rings. The van der Waals surface area contributed by atoms with Crippen LogP contribution in [0.25, 0.3) is 0 Å². The topological polar surface area (TPSA) is 56.7 Å². The number of guanidine groups is 1. The molecule has 2 aromatic carbocycles. The van der Waals surface area contributed by atoms with E-state index in [1.807, 2.05) is 36.0 Å². The molecule has 0 aromatic heterocycles. The SMILES string of the molecule is CN=C(NCc1ccc(C(=O)N(C)C)cc1)NCC1(Sc2ccccc2)CCCC1.I. The molecule has 31 heavy (non-hydrogen) atoms. The average molecular weight is 553 g/mol.